The molecule has 1 aliphatic carbocycles. The summed E-state index contributed by atoms with van der Waals surface area (Å²) in [6.45, 7) is 2.08. The van der Waals surface area contributed by atoms with Crippen LogP contribution in [0.1, 0.15) is 31.7 Å². The van der Waals surface area contributed by atoms with Gasteiger partial charge in [-0.1, -0.05) is 6.42 Å². The highest BCUT2D eigenvalue weighted by atomic mass is 79.9. The maximum absolute atomic E-state index is 12.5. The molecule has 1 aromatic carbocycles. The normalized spacial score (nSPS) is 18.3. The van der Waals surface area contributed by atoms with Crippen molar-refractivity contribution in [1.29, 1.82) is 0 Å². The summed E-state index contributed by atoms with van der Waals surface area (Å²) in [6, 6.07) is 4.02. The van der Waals surface area contributed by atoms with Crippen LogP contribution in [-0.4, -0.2) is 6.04 Å². The van der Waals surface area contributed by atoms with E-state index in [1.807, 2.05) is 0 Å². The number of hydrogen-bond acceptors (Lipinski definition) is 1. The maximum atomic E-state index is 12.5. The van der Waals surface area contributed by atoms with Crippen LogP contribution in [0.5, 0.6) is 0 Å². The first-order chi connectivity index (χ1) is 8.38. The predicted octanol–water partition coefficient (Wildman–Crippen LogP) is 5.07. The topological polar surface area (TPSA) is 12.0 Å². The van der Waals surface area contributed by atoms with Crippen molar-refractivity contribution >= 4 is 21.6 Å². The number of halogens is 4. The van der Waals surface area contributed by atoms with Gasteiger partial charge in [0.2, 0.25) is 0 Å². The van der Waals surface area contributed by atoms with Gasteiger partial charge in [0.05, 0.1) is 5.56 Å². The molecule has 2 rings (SSSR count). The largest absolute Gasteiger partial charge is 0.416 e. The Morgan fingerprint density at radius 1 is 1.33 bits per heavy atom. The van der Waals surface area contributed by atoms with E-state index in [2.05, 4.69) is 28.2 Å². The van der Waals surface area contributed by atoms with Crippen molar-refractivity contribution in [1.82, 2.24) is 0 Å². The summed E-state index contributed by atoms with van der Waals surface area (Å²) < 4.78 is 38.0. The number of anilines is 1. The molecule has 18 heavy (non-hydrogen) atoms. The first-order valence-electron chi connectivity index (χ1n) is 6.01. The summed E-state index contributed by atoms with van der Waals surface area (Å²) in [5, 5.41) is 3.28. The monoisotopic (exact) mass is 321 g/mol. The molecule has 5 heteroatoms. The van der Waals surface area contributed by atoms with Crippen LogP contribution in [0.25, 0.3) is 0 Å². The summed E-state index contributed by atoms with van der Waals surface area (Å²) in [7, 11) is 0. The van der Waals surface area contributed by atoms with Gasteiger partial charge in [-0.15, -0.1) is 0 Å². The molecule has 1 nitrogen and oxygen atoms in total. The second-order valence-corrected chi connectivity index (χ2v) is 5.67. The highest BCUT2D eigenvalue weighted by molar-refractivity contribution is 9.10. The van der Waals surface area contributed by atoms with E-state index in [0.717, 1.165) is 17.8 Å². The molecule has 0 saturated heterocycles. The maximum Gasteiger partial charge on any atom is 0.416 e. The number of rotatable bonds is 3. The molecule has 1 aliphatic rings. The van der Waals surface area contributed by atoms with Crippen LogP contribution in [0.3, 0.4) is 0 Å². The third-order valence-electron chi connectivity index (χ3n) is 3.54. The lowest BCUT2D eigenvalue weighted by atomic mass is 9.80. The van der Waals surface area contributed by atoms with Gasteiger partial charge >= 0.3 is 6.18 Å². The summed E-state index contributed by atoms with van der Waals surface area (Å²) in [5.41, 5.74) is 0.0959. The van der Waals surface area contributed by atoms with Crippen molar-refractivity contribution < 1.29 is 13.2 Å². The molecule has 1 N–H and O–H groups in total. The molecular formula is C13H15BrF3N. The van der Waals surface area contributed by atoms with Gasteiger partial charge < -0.3 is 5.32 Å². The molecule has 1 fully saturated rings. The van der Waals surface area contributed by atoms with E-state index in [-0.39, 0.29) is 0 Å². The van der Waals surface area contributed by atoms with Crippen molar-refractivity contribution in [2.45, 2.75) is 38.4 Å². The van der Waals surface area contributed by atoms with Gasteiger partial charge in [0.1, 0.15) is 0 Å². The van der Waals surface area contributed by atoms with Gasteiger partial charge in [-0.3, -0.25) is 0 Å². The van der Waals surface area contributed by atoms with Gasteiger partial charge in [-0.05, 0) is 59.8 Å². The summed E-state index contributed by atoms with van der Waals surface area (Å²) >= 11 is 3.19. The molecule has 1 atom stereocenters. The van der Waals surface area contributed by atoms with Crippen LogP contribution in [-0.2, 0) is 6.18 Å². The average molecular weight is 322 g/mol. The minimum absolute atomic E-state index is 0.298. The minimum atomic E-state index is -4.29. The summed E-state index contributed by atoms with van der Waals surface area (Å²) in [6.07, 6.45) is -0.635. The van der Waals surface area contributed by atoms with Crippen molar-refractivity contribution in [3.63, 3.8) is 0 Å². The summed E-state index contributed by atoms with van der Waals surface area (Å²) in [4.78, 5) is 0. The third-order valence-corrected chi connectivity index (χ3v) is 4.19. The van der Waals surface area contributed by atoms with E-state index >= 15 is 0 Å². The molecule has 0 radical (unpaired) electrons. The van der Waals surface area contributed by atoms with E-state index in [9.17, 15) is 13.2 Å². The van der Waals surface area contributed by atoms with Crippen LogP contribution >= 0.6 is 15.9 Å². The molecule has 0 spiro atoms. The second-order valence-electron chi connectivity index (χ2n) is 4.82. The molecule has 1 saturated carbocycles. The zero-order valence-corrected chi connectivity index (χ0v) is 11.6. The highest BCUT2D eigenvalue weighted by Crippen LogP contribution is 2.36. The van der Waals surface area contributed by atoms with Crippen LogP contribution in [0.4, 0.5) is 18.9 Å². The van der Waals surface area contributed by atoms with Gasteiger partial charge in [0.15, 0.2) is 0 Å². The minimum Gasteiger partial charge on any atom is -0.381 e. The van der Waals surface area contributed by atoms with Gasteiger partial charge in [0, 0.05) is 16.2 Å². The van der Waals surface area contributed by atoms with E-state index < -0.39 is 11.7 Å². The molecule has 1 unspecified atom stereocenters. The molecule has 100 valence electrons. The lowest BCUT2D eigenvalue weighted by Gasteiger charge is -2.32. The van der Waals surface area contributed by atoms with Gasteiger partial charge in [-0.25, -0.2) is 0 Å². The lowest BCUT2D eigenvalue weighted by molar-refractivity contribution is -0.137. The zero-order valence-electron chi connectivity index (χ0n) is 10.0. The van der Waals surface area contributed by atoms with Gasteiger partial charge in [-0.2, -0.15) is 13.2 Å². The first kappa shape index (κ1) is 13.7. The fourth-order valence-electron chi connectivity index (χ4n) is 2.11. The van der Waals surface area contributed by atoms with Crippen molar-refractivity contribution in [3.8, 4) is 0 Å². The molecule has 0 aliphatic heterocycles. The van der Waals surface area contributed by atoms with E-state index in [1.165, 1.54) is 25.3 Å². The van der Waals surface area contributed by atoms with E-state index in [4.69, 9.17) is 0 Å². The molecule has 0 aromatic heterocycles. The number of alkyl halides is 3. The average Bonchev–Trinajstić information content (AvgIpc) is 2.16. The van der Waals surface area contributed by atoms with E-state index in [1.54, 1.807) is 0 Å². The number of benzene rings is 1. The smallest absolute Gasteiger partial charge is 0.381 e. The molecule has 1 aromatic rings. The fourth-order valence-corrected chi connectivity index (χ4v) is 2.60. The van der Waals surface area contributed by atoms with Crippen molar-refractivity contribution in [3.05, 3.63) is 28.2 Å². The Hall–Kier alpha value is -0.710. The quantitative estimate of drug-likeness (QED) is 0.819. The number of hydrogen-bond donors (Lipinski definition) is 1. The zero-order chi connectivity index (χ0) is 13.3. The molecule has 0 heterocycles. The Morgan fingerprint density at radius 2 is 2.00 bits per heavy atom. The van der Waals surface area contributed by atoms with Crippen LogP contribution in [0.2, 0.25) is 0 Å². The van der Waals surface area contributed by atoms with Crippen molar-refractivity contribution in [2.24, 2.45) is 5.92 Å². The standard InChI is InChI=1S/C13H15BrF3N/c1-8(9-3-2-4-9)18-12-6-5-10(7-11(12)14)13(15,16)17/h5-9,18H,2-4H2,1H3. The Kier molecular flexibility index (Phi) is 3.90. The Morgan fingerprint density at radius 3 is 2.44 bits per heavy atom. The Balaban J connectivity index is 2.09. The van der Waals surface area contributed by atoms with Crippen molar-refractivity contribution in [2.75, 3.05) is 5.32 Å². The van der Waals surface area contributed by atoms with E-state index in [0.29, 0.717) is 16.4 Å². The highest BCUT2D eigenvalue weighted by Gasteiger charge is 2.31. The second kappa shape index (κ2) is 5.11. The lowest BCUT2D eigenvalue weighted by Crippen LogP contribution is -2.30. The first-order valence-corrected chi connectivity index (χ1v) is 6.80. The third kappa shape index (κ3) is 2.99. The molecule has 0 bridgehead atoms. The van der Waals surface area contributed by atoms with Gasteiger partial charge in [0.25, 0.3) is 0 Å². The van der Waals surface area contributed by atoms with Crippen LogP contribution in [0, 0.1) is 5.92 Å². The Bertz CT molecular complexity index is 427. The van der Waals surface area contributed by atoms with Crippen LogP contribution in [0.15, 0.2) is 22.7 Å². The van der Waals surface area contributed by atoms with Crippen LogP contribution < -0.4 is 5.32 Å². The Labute approximate surface area is 113 Å². The molecule has 0 amide bonds. The molecular weight excluding hydrogens is 307 g/mol. The number of nitrogens with one attached hydrogen (secondary N) is 1. The summed E-state index contributed by atoms with van der Waals surface area (Å²) in [5.74, 6) is 0.638. The predicted molar refractivity (Wildman–Crippen MR) is 69.6 cm³/mol. The SMILES string of the molecule is CC(Nc1ccc(C(F)(F)F)cc1Br)C1CCC1. The fraction of sp³-hybridized carbons (Fsp3) is 0.538.